The SMILES string of the molecule is Cl.NC1(c2noc(CC3Sc4ccc(Cl)cc4NC3=O)n2)CCC1. The van der Waals surface area contributed by atoms with E-state index in [1.807, 2.05) is 12.1 Å². The molecule has 0 spiro atoms. The largest absolute Gasteiger partial charge is 0.339 e. The van der Waals surface area contributed by atoms with E-state index in [9.17, 15) is 4.79 Å². The monoisotopic (exact) mass is 386 g/mol. The zero-order valence-electron chi connectivity index (χ0n) is 12.6. The van der Waals surface area contributed by atoms with Gasteiger partial charge in [0.25, 0.3) is 0 Å². The zero-order valence-corrected chi connectivity index (χ0v) is 15.0. The summed E-state index contributed by atoms with van der Waals surface area (Å²) in [6.45, 7) is 0. The predicted octanol–water partition coefficient (Wildman–Crippen LogP) is 3.14. The second kappa shape index (κ2) is 6.55. The van der Waals surface area contributed by atoms with Gasteiger partial charge in [0.05, 0.1) is 16.5 Å². The molecule has 24 heavy (non-hydrogen) atoms. The van der Waals surface area contributed by atoms with E-state index < -0.39 is 5.54 Å². The van der Waals surface area contributed by atoms with E-state index in [0.717, 1.165) is 29.8 Å². The molecule has 2 heterocycles. The van der Waals surface area contributed by atoms with E-state index >= 15 is 0 Å². The van der Waals surface area contributed by atoms with Crippen molar-refractivity contribution >= 4 is 47.4 Å². The van der Waals surface area contributed by atoms with Crippen LogP contribution < -0.4 is 11.1 Å². The van der Waals surface area contributed by atoms with E-state index in [-0.39, 0.29) is 23.6 Å². The summed E-state index contributed by atoms with van der Waals surface area (Å²) < 4.78 is 5.29. The summed E-state index contributed by atoms with van der Waals surface area (Å²) in [6.07, 6.45) is 3.21. The molecule has 1 fully saturated rings. The smallest absolute Gasteiger partial charge is 0.238 e. The average molecular weight is 387 g/mol. The summed E-state index contributed by atoms with van der Waals surface area (Å²) >= 11 is 7.42. The Morgan fingerprint density at radius 3 is 2.96 bits per heavy atom. The molecule has 1 aromatic heterocycles. The van der Waals surface area contributed by atoms with Crippen molar-refractivity contribution in [3.05, 3.63) is 34.9 Å². The van der Waals surface area contributed by atoms with Crippen molar-refractivity contribution in [1.82, 2.24) is 10.1 Å². The third-order valence-electron chi connectivity index (χ3n) is 4.28. The van der Waals surface area contributed by atoms with Gasteiger partial charge in [0.2, 0.25) is 11.8 Å². The molecule has 1 atom stereocenters. The number of nitrogens with one attached hydrogen (secondary N) is 1. The fourth-order valence-electron chi connectivity index (χ4n) is 2.74. The molecular formula is C15H16Cl2N4O2S. The lowest BCUT2D eigenvalue weighted by Crippen LogP contribution is -2.44. The van der Waals surface area contributed by atoms with Crippen molar-refractivity contribution in [3.8, 4) is 0 Å². The second-order valence-corrected chi connectivity index (χ2v) is 7.64. The number of aromatic nitrogens is 2. The Morgan fingerprint density at radius 1 is 1.46 bits per heavy atom. The molecule has 1 saturated carbocycles. The van der Waals surface area contributed by atoms with Gasteiger partial charge in [-0.25, -0.2) is 0 Å². The molecular weight excluding hydrogens is 371 g/mol. The molecule has 6 nitrogen and oxygen atoms in total. The van der Waals surface area contributed by atoms with Gasteiger partial charge in [-0.15, -0.1) is 24.2 Å². The van der Waals surface area contributed by atoms with Gasteiger partial charge in [0.1, 0.15) is 0 Å². The zero-order chi connectivity index (χ0) is 16.0. The average Bonchev–Trinajstić information content (AvgIpc) is 2.95. The number of benzene rings is 1. The number of hydrogen-bond donors (Lipinski definition) is 2. The molecule has 0 saturated heterocycles. The highest BCUT2D eigenvalue weighted by Gasteiger charge is 2.39. The number of rotatable bonds is 3. The normalized spacial score (nSPS) is 21.2. The fourth-order valence-corrected chi connectivity index (χ4v) is 3.99. The first kappa shape index (κ1) is 17.5. The highest BCUT2D eigenvalue weighted by molar-refractivity contribution is 8.01. The maximum Gasteiger partial charge on any atom is 0.238 e. The summed E-state index contributed by atoms with van der Waals surface area (Å²) in [5.41, 5.74) is 6.48. The molecule has 3 N–H and O–H groups in total. The van der Waals surface area contributed by atoms with Crippen molar-refractivity contribution in [2.45, 2.75) is 41.4 Å². The van der Waals surface area contributed by atoms with Crippen molar-refractivity contribution < 1.29 is 9.32 Å². The first-order valence-electron chi connectivity index (χ1n) is 7.42. The topological polar surface area (TPSA) is 94.0 Å². The van der Waals surface area contributed by atoms with Gasteiger partial charge in [-0.2, -0.15) is 4.98 Å². The second-order valence-electron chi connectivity index (χ2n) is 5.96. The first-order valence-corrected chi connectivity index (χ1v) is 8.68. The molecule has 0 bridgehead atoms. The van der Waals surface area contributed by atoms with Crippen LogP contribution in [0.2, 0.25) is 5.02 Å². The lowest BCUT2D eigenvalue weighted by atomic mass is 9.77. The first-order chi connectivity index (χ1) is 11.0. The van der Waals surface area contributed by atoms with Gasteiger partial charge in [0.15, 0.2) is 5.82 Å². The maximum atomic E-state index is 12.3. The van der Waals surface area contributed by atoms with Crippen LogP contribution in [0, 0.1) is 0 Å². The van der Waals surface area contributed by atoms with Gasteiger partial charge < -0.3 is 15.6 Å². The Hall–Kier alpha value is -1.28. The Bertz CT molecular complexity index is 779. The quantitative estimate of drug-likeness (QED) is 0.841. The highest BCUT2D eigenvalue weighted by atomic mass is 35.5. The number of carbonyl (C=O) groups excluding carboxylic acids is 1. The Balaban J connectivity index is 0.00000169. The van der Waals surface area contributed by atoms with E-state index in [4.69, 9.17) is 21.9 Å². The molecule has 1 unspecified atom stereocenters. The van der Waals surface area contributed by atoms with Crippen molar-refractivity contribution in [1.29, 1.82) is 0 Å². The van der Waals surface area contributed by atoms with Crippen LogP contribution in [0.25, 0.3) is 0 Å². The Kier molecular flexibility index (Phi) is 4.79. The number of nitrogens with two attached hydrogens (primary N) is 1. The maximum absolute atomic E-state index is 12.3. The molecule has 1 aliphatic carbocycles. The minimum atomic E-state index is -0.451. The van der Waals surface area contributed by atoms with Crippen molar-refractivity contribution in [2.24, 2.45) is 5.73 Å². The summed E-state index contributed by atoms with van der Waals surface area (Å²) in [4.78, 5) is 17.6. The van der Waals surface area contributed by atoms with Crippen LogP contribution in [0.4, 0.5) is 5.69 Å². The highest BCUT2D eigenvalue weighted by Crippen LogP contribution is 2.39. The third kappa shape index (κ3) is 3.13. The van der Waals surface area contributed by atoms with Crippen LogP contribution in [0.15, 0.2) is 27.6 Å². The van der Waals surface area contributed by atoms with Crippen molar-refractivity contribution in [3.63, 3.8) is 0 Å². The van der Waals surface area contributed by atoms with Gasteiger partial charge in [-0.05, 0) is 37.5 Å². The fraction of sp³-hybridized carbons (Fsp3) is 0.400. The van der Waals surface area contributed by atoms with Crippen molar-refractivity contribution in [2.75, 3.05) is 5.32 Å². The lowest BCUT2D eigenvalue weighted by Gasteiger charge is -2.34. The molecule has 1 amide bonds. The molecule has 1 aliphatic heterocycles. The number of amides is 1. The van der Waals surface area contributed by atoms with Crippen LogP contribution in [0.5, 0.6) is 0 Å². The molecule has 128 valence electrons. The number of halogens is 2. The van der Waals surface area contributed by atoms with Gasteiger partial charge >= 0.3 is 0 Å². The number of hydrogen-bond acceptors (Lipinski definition) is 6. The van der Waals surface area contributed by atoms with Crippen LogP contribution in [-0.4, -0.2) is 21.3 Å². The molecule has 2 aromatic rings. The summed E-state index contributed by atoms with van der Waals surface area (Å²) in [5, 5.41) is 7.14. The number of carbonyl (C=O) groups is 1. The summed E-state index contributed by atoms with van der Waals surface area (Å²) in [7, 11) is 0. The predicted molar refractivity (Wildman–Crippen MR) is 94.7 cm³/mol. The number of thioether (sulfide) groups is 1. The van der Waals surface area contributed by atoms with Gasteiger partial charge in [-0.1, -0.05) is 16.8 Å². The number of nitrogens with zero attached hydrogens (tertiary/aromatic N) is 2. The minimum absolute atomic E-state index is 0. The van der Waals surface area contributed by atoms with Gasteiger partial charge in [0, 0.05) is 16.3 Å². The lowest BCUT2D eigenvalue weighted by molar-refractivity contribution is -0.115. The van der Waals surface area contributed by atoms with E-state index in [1.165, 1.54) is 11.8 Å². The van der Waals surface area contributed by atoms with Crippen LogP contribution in [0.3, 0.4) is 0 Å². The molecule has 4 rings (SSSR count). The third-order valence-corrected chi connectivity index (χ3v) is 5.79. The Morgan fingerprint density at radius 2 is 2.25 bits per heavy atom. The van der Waals surface area contributed by atoms with E-state index in [2.05, 4.69) is 15.5 Å². The number of anilines is 1. The molecule has 1 aromatic carbocycles. The molecule has 9 heteroatoms. The molecule has 0 radical (unpaired) electrons. The van der Waals surface area contributed by atoms with Crippen LogP contribution in [0.1, 0.15) is 31.0 Å². The minimum Gasteiger partial charge on any atom is -0.339 e. The Labute approximate surface area is 154 Å². The van der Waals surface area contributed by atoms with Gasteiger partial charge in [-0.3, -0.25) is 4.79 Å². The van der Waals surface area contributed by atoms with E-state index in [1.54, 1.807) is 6.07 Å². The standard InChI is InChI=1S/C15H15ClN4O2S.ClH/c16-8-2-3-10-9(6-8)18-13(21)11(23-10)7-12-19-14(20-22-12)15(17)4-1-5-15;/h2-3,6,11H,1,4-5,7,17H2,(H,18,21);1H. The number of fused-ring (bicyclic) bond motifs is 1. The van der Waals surface area contributed by atoms with E-state index in [0.29, 0.717) is 23.2 Å². The van der Waals surface area contributed by atoms with Crippen LogP contribution >= 0.6 is 35.8 Å². The molecule has 2 aliphatic rings. The summed E-state index contributed by atoms with van der Waals surface area (Å²) in [6, 6.07) is 5.45. The summed E-state index contributed by atoms with van der Waals surface area (Å²) in [5.74, 6) is 0.907. The van der Waals surface area contributed by atoms with Crippen LogP contribution in [-0.2, 0) is 16.8 Å².